The van der Waals surface area contributed by atoms with E-state index in [4.69, 9.17) is 12.6 Å². The third kappa shape index (κ3) is 4.01. The lowest BCUT2D eigenvalue weighted by atomic mass is 9.89. The molecule has 2 rings (SSSR count). The van der Waals surface area contributed by atoms with Crippen molar-refractivity contribution in [1.82, 2.24) is 4.98 Å². The van der Waals surface area contributed by atoms with Gasteiger partial charge in [-0.2, -0.15) is 0 Å². The molecule has 106 valence electrons. The van der Waals surface area contributed by atoms with E-state index < -0.39 is 17.5 Å². The highest BCUT2D eigenvalue weighted by Gasteiger charge is 2.09. The molecule has 1 aromatic heterocycles. The highest BCUT2D eigenvalue weighted by atomic mass is 19.1. The number of aromatic nitrogens is 1. The summed E-state index contributed by atoms with van der Waals surface area (Å²) in [5.74, 6) is -2.11. The molecule has 4 nitrogen and oxygen atoms in total. The summed E-state index contributed by atoms with van der Waals surface area (Å²) in [5, 5.41) is 2.50. The fourth-order valence-corrected chi connectivity index (χ4v) is 1.44. The Labute approximate surface area is 121 Å². The second-order valence-electron chi connectivity index (χ2n) is 4.33. The Bertz CT molecular complexity index is 648. The molecular formula is C14H11BF2N2O2. The summed E-state index contributed by atoms with van der Waals surface area (Å²) in [6.07, 6.45) is 1.31. The van der Waals surface area contributed by atoms with Crippen molar-refractivity contribution >= 4 is 19.6 Å². The van der Waals surface area contributed by atoms with Crippen molar-refractivity contribution in [3.8, 4) is 11.5 Å². The molecule has 0 fully saturated rings. The minimum absolute atomic E-state index is 0.120. The fraction of sp³-hybridized carbons (Fsp3) is 0.143. The van der Waals surface area contributed by atoms with Crippen LogP contribution in [0.2, 0.25) is 5.82 Å². The van der Waals surface area contributed by atoms with Crippen molar-refractivity contribution in [2.24, 2.45) is 0 Å². The van der Waals surface area contributed by atoms with Crippen molar-refractivity contribution < 1.29 is 18.3 Å². The first-order valence-corrected chi connectivity index (χ1v) is 6.11. The van der Waals surface area contributed by atoms with E-state index in [1.165, 1.54) is 24.4 Å². The number of nitrogens with zero attached hydrogens (tertiary/aromatic N) is 1. The number of halogens is 2. The van der Waals surface area contributed by atoms with Crippen molar-refractivity contribution in [2.45, 2.75) is 12.7 Å². The number of anilines is 1. The summed E-state index contributed by atoms with van der Waals surface area (Å²) in [7, 11) is 5.41. The highest BCUT2D eigenvalue weighted by molar-refractivity contribution is 6.25. The van der Waals surface area contributed by atoms with Gasteiger partial charge in [-0.15, -0.1) is 0 Å². The lowest BCUT2D eigenvalue weighted by molar-refractivity contribution is -0.115. The Morgan fingerprint density at radius 2 is 2.10 bits per heavy atom. The maximum Gasteiger partial charge on any atom is 0.219 e. The smallest absolute Gasteiger partial charge is 0.219 e. The standard InChI is InChI=1S/C14H11BF2N2O2/c1-8(15)14(20)19-13-5-3-10(7-18-13)21-12-4-2-9(16)6-11(12)17/h2-8H,1H3,(H,18,19,20)/t8-/m1/s1. The summed E-state index contributed by atoms with van der Waals surface area (Å²) >= 11 is 0. The van der Waals surface area contributed by atoms with Crippen LogP contribution in [0.5, 0.6) is 11.5 Å². The van der Waals surface area contributed by atoms with Crippen molar-refractivity contribution in [3.05, 3.63) is 48.2 Å². The van der Waals surface area contributed by atoms with Gasteiger partial charge >= 0.3 is 0 Å². The topological polar surface area (TPSA) is 51.2 Å². The Balaban J connectivity index is 2.07. The van der Waals surface area contributed by atoms with E-state index in [1.54, 1.807) is 6.92 Å². The molecule has 0 bridgehead atoms. The van der Waals surface area contributed by atoms with Crippen LogP contribution in [0, 0.1) is 11.6 Å². The van der Waals surface area contributed by atoms with Gasteiger partial charge in [0.2, 0.25) is 5.91 Å². The number of hydrogen-bond acceptors (Lipinski definition) is 3. The quantitative estimate of drug-likeness (QED) is 0.880. The van der Waals surface area contributed by atoms with Crippen molar-refractivity contribution in [2.75, 3.05) is 5.32 Å². The van der Waals surface area contributed by atoms with Crippen LogP contribution in [0.3, 0.4) is 0 Å². The maximum absolute atomic E-state index is 13.4. The van der Waals surface area contributed by atoms with Crippen LogP contribution in [0.15, 0.2) is 36.5 Å². The first-order chi connectivity index (χ1) is 9.95. The van der Waals surface area contributed by atoms with Gasteiger partial charge in [0.25, 0.3) is 0 Å². The zero-order valence-corrected chi connectivity index (χ0v) is 11.1. The average molecular weight is 288 g/mol. The Kier molecular flexibility index (Phi) is 4.52. The largest absolute Gasteiger partial charge is 0.453 e. The zero-order valence-electron chi connectivity index (χ0n) is 11.1. The maximum atomic E-state index is 13.4. The number of carbonyl (C=O) groups is 1. The molecule has 7 heteroatoms. The molecule has 0 aliphatic rings. The van der Waals surface area contributed by atoms with Gasteiger partial charge < -0.3 is 10.1 Å². The average Bonchev–Trinajstić information content (AvgIpc) is 2.43. The lowest BCUT2D eigenvalue weighted by Crippen LogP contribution is -2.16. The molecule has 0 aliphatic carbocycles. The number of nitrogens with one attached hydrogen (secondary N) is 1. The van der Waals surface area contributed by atoms with Gasteiger partial charge in [-0.3, -0.25) is 4.79 Å². The van der Waals surface area contributed by atoms with Gasteiger partial charge in [0.05, 0.1) is 14.0 Å². The van der Waals surface area contributed by atoms with E-state index in [-0.39, 0.29) is 17.4 Å². The van der Waals surface area contributed by atoms with Gasteiger partial charge in [-0.1, -0.05) is 6.92 Å². The summed E-state index contributed by atoms with van der Waals surface area (Å²) in [6.45, 7) is 1.55. The monoisotopic (exact) mass is 288 g/mol. The van der Waals surface area contributed by atoms with E-state index in [2.05, 4.69) is 10.3 Å². The Hall–Kier alpha value is -2.44. The summed E-state index contributed by atoms with van der Waals surface area (Å²) < 4.78 is 31.4. The molecule has 2 aromatic rings. The number of benzene rings is 1. The van der Waals surface area contributed by atoms with Crippen LogP contribution in [0.1, 0.15) is 6.92 Å². The third-order valence-corrected chi connectivity index (χ3v) is 2.52. The summed E-state index contributed by atoms with van der Waals surface area (Å²) in [4.78, 5) is 15.3. The van der Waals surface area contributed by atoms with Gasteiger partial charge in [-0.05, 0) is 30.1 Å². The minimum Gasteiger partial charge on any atom is -0.453 e. The SMILES string of the molecule is [B][C@H](C)C(=O)Nc1ccc(Oc2ccc(F)cc2F)cn1. The predicted molar refractivity (Wildman–Crippen MR) is 74.5 cm³/mol. The molecule has 2 radical (unpaired) electrons. The molecule has 1 atom stereocenters. The molecule has 21 heavy (non-hydrogen) atoms. The first-order valence-electron chi connectivity index (χ1n) is 6.11. The highest BCUT2D eigenvalue weighted by Crippen LogP contribution is 2.25. The molecule has 0 unspecified atom stereocenters. The van der Waals surface area contributed by atoms with Crippen LogP contribution in [-0.2, 0) is 4.79 Å². The van der Waals surface area contributed by atoms with Crippen molar-refractivity contribution in [3.63, 3.8) is 0 Å². The number of amides is 1. The van der Waals surface area contributed by atoms with E-state index >= 15 is 0 Å². The molecule has 1 heterocycles. The molecule has 0 saturated carbocycles. The number of ether oxygens (including phenoxy) is 1. The van der Waals surface area contributed by atoms with E-state index in [0.29, 0.717) is 5.82 Å². The third-order valence-electron chi connectivity index (χ3n) is 2.52. The predicted octanol–water partition coefficient (Wildman–Crippen LogP) is 3.07. The van der Waals surface area contributed by atoms with Crippen LogP contribution in [0.25, 0.3) is 0 Å². The van der Waals surface area contributed by atoms with Gasteiger partial charge in [0.15, 0.2) is 11.6 Å². The minimum atomic E-state index is -0.815. The van der Waals surface area contributed by atoms with Crippen LogP contribution < -0.4 is 10.1 Å². The second kappa shape index (κ2) is 6.34. The zero-order chi connectivity index (χ0) is 15.4. The van der Waals surface area contributed by atoms with Crippen LogP contribution in [0.4, 0.5) is 14.6 Å². The van der Waals surface area contributed by atoms with Gasteiger partial charge in [-0.25, -0.2) is 13.8 Å². The second-order valence-corrected chi connectivity index (χ2v) is 4.33. The molecule has 0 aliphatic heterocycles. The number of pyridine rings is 1. The van der Waals surface area contributed by atoms with Crippen LogP contribution >= 0.6 is 0 Å². The van der Waals surface area contributed by atoms with Gasteiger partial charge in [0.1, 0.15) is 17.4 Å². The van der Waals surface area contributed by atoms with Crippen LogP contribution in [-0.4, -0.2) is 18.7 Å². The molecule has 1 aromatic carbocycles. The molecule has 0 saturated heterocycles. The fourth-order valence-electron chi connectivity index (χ4n) is 1.44. The lowest BCUT2D eigenvalue weighted by Gasteiger charge is -2.09. The normalized spacial score (nSPS) is 11.8. The number of carbonyl (C=O) groups excluding carboxylic acids is 1. The molecule has 1 N–H and O–H groups in total. The van der Waals surface area contributed by atoms with Crippen molar-refractivity contribution in [1.29, 1.82) is 0 Å². The number of rotatable bonds is 4. The van der Waals surface area contributed by atoms with E-state index in [9.17, 15) is 13.6 Å². The molecule has 1 amide bonds. The van der Waals surface area contributed by atoms with Gasteiger partial charge in [0, 0.05) is 6.07 Å². The number of hydrogen-bond donors (Lipinski definition) is 1. The molecular weight excluding hydrogens is 277 g/mol. The Morgan fingerprint density at radius 3 is 2.67 bits per heavy atom. The summed E-state index contributed by atoms with van der Waals surface area (Å²) in [6, 6.07) is 5.96. The molecule has 0 spiro atoms. The summed E-state index contributed by atoms with van der Waals surface area (Å²) in [5.41, 5.74) is 0. The van der Waals surface area contributed by atoms with E-state index in [1.807, 2.05) is 0 Å². The van der Waals surface area contributed by atoms with E-state index in [0.717, 1.165) is 12.1 Å². The Morgan fingerprint density at radius 1 is 1.33 bits per heavy atom. The first kappa shape index (κ1) is 15.0.